The quantitative estimate of drug-likeness (QED) is 0.540. The molecule has 0 spiro atoms. The Balaban J connectivity index is 1.08. The first-order chi connectivity index (χ1) is 18.2. The van der Waals surface area contributed by atoms with E-state index in [9.17, 15) is 0 Å². The molecule has 1 saturated carbocycles. The fraction of sp³-hybridized carbons (Fsp3) is 0.556. The Morgan fingerprint density at radius 1 is 0.946 bits per heavy atom. The van der Waals surface area contributed by atoms with Gasteiger partial charge in [-0.3, -0.25) is 0 Å². The lowest BCUT2D eigenvalue weighted by Crippen LogP contribution is -2.45. The van der Waals surface area contributed by atoms with Crippen molar-refractivity contribution in [3.8, 4) is 5.75 Å². The Morgan fingerprint density at radius 2 is 1.76 bits per heavy atom. The number of fused-ring (bicyclic) bond motifs is 1. The molecule has 196 valence electrons. The summed E-state index contributed by atoms with van der Waals surface area (Å²) >= 11 is 0. The van der Waals surface area contributed by atoms with Crippen LogP contribution >= 0.6 is 0 Å². The van der Waals surface area contributed by atoms with E-state index in [0.717, 1.165) is 112 Å². The molecule has 3 aromatic rings. The second-order valence-electron chi connectivity index (χ2n) is 10.3. The van der Waals surface area contributed by atoms with E-state index in [4.69, 9.17) is 14.5 Å². The van der Waals surface area contributed by atoms with Crippen LogP contribution in [0.4, 0.5) is 17.5 Å². The van der Waals surface area contributed by atoms with Gasteiger partial charge in [0.25, 0.3) is 0 Å². The van der Waals surface area contributed by atoms with Crippen molar-refractivity contribution in [3.05, 3.63) is 36.9 Å². The first-order valence-electron chi connectivity index (χ1n) is 13.5. The summed E-state index contributed by atoms with van der Waals surface area (Å²) in [6, 6.07) is 6.65. The molecule has 1 N–H and O–H groups in total. The Hall–Kier alpha value is -3.24. The summed E-state index contributed by atoms with van der Waals surface area (Å²) in [6.45, 7) is 7.28. The predicted octanol–water partition coefficient (Wildman–Crippen LogP) is 2.81. The lowest BCUT2D eigenvalue weighted by molar-refractivity contribution is 0.122. The minimum Gasteiger partial charge on any atom is -0.490 e. The molecule has 2 aromatic heterocycles. The molecular weight excluding hydrogens is 468 g/mol. The zero-order valence-corrected chi connectivity index (χ0v) is 21.6. The number of morpholine rings is 1. The maximum Gasteiger partial charge on any atom is 0.227 e. The van der Waals surface area contributed by atoms with Crippen LogP contribution in [-0.4, -0.2) is 96.5 Å². The van der Waals surface area contributed by atoms with Gasteiger partial charge in [-0.2, -0.15) is 4.98 Å². The van der Waals surface area contributed by atoms with Crippen molar-refractivity contribution in [2.75, 3.05) is 74.6 Å². The standard InChI is InChI=1S/C27H36N8O2/c1-33-8-10-35(11-9-33)27-29-7-6-26(32-27)31-20-2-4-22(5-3-20)37-25-17-21(34-12-14-36-15-13-34)16-24-23(25)18-28-19-30-24/h6-7,16-20,22H,2-5,8-15H2,1H3,(H,29,31,32). The van der Waals surface area contributed by atoms with E-state index in [2.05, 4.69) is 54.1 Å². The Morgan fingerprint density at radius 3 is 2.57 bits per heavy atom. The van der Waals surface area contributed by atoms with Gasteiger partial charge >= 0.3 is 0 Å². The Labute approximate surface area is 218 Å². The zero-order chi connectivity index (χ0) is 25.0. The fourth-order valence-corrected chi connectivity index (χ4v) is 5.44. The molecule has 6 rings (SSSR count). The van der Waals surface area contributed by atoms with Gasteiger partial charge in [0.05, 0.1) is 30.2 Å². The molecule has 1 aliphatic carbocycles. The fourth-order valence-electron chi connectivity index (χ4n) is 5.44. The van der Waals surface area contributed by atoms with Gasteiger partial charge in [0.2, 0.25) is 5.95 Å². The SMILES string of the molecule is CN1CCN(c2nccc(NC3CCC(Oc4cc(N5CCOCC5)cc5ncncc45)CC3)n2)CC1. The van der Waals surface area contributed by atoms with Crippen LogP contribution in [-0.2, 0) is 4.74 Å². The molecule has 0 atom stereocenters. The van der Waals surface area contributed by atoms with Gasteiger partial charge in [0, 0.05) is 69.5 Å². The number of ether oxygens (including phenoxy) is 2. The third kappa shape index (κ3) is 5.70. The van der Waals surface area contributed by atoms with Crippen molar-refractivity contribution in [2.45, 2.75) is 37.8 Å². The van der Waals surface area contributed by atoms with Crippen LogP contribution in [0.2, 0.25) is 0 Å². The number of benzene rings is 1. The van der Waals surface area contributed by atoms with Gasteiger partial charge in [0.1, 0.15) is 17.9 Å². The zero-order valence-electron chi connectivity index (χ0n) is 21.6. The average molecular weight is 505 g/mol. The Bertz CT molecular complexity index is 1190. The number of hydrogen-bond acceptors (Lipinski definition) is 10. The normalized spacial score (nSPS) is 23.3. The highest BCUT2D eigenvalue weighted by Crippen LogP contribution is 2.34. The molecule has 37 heavy (non-hydrogen) atoms. The van der Waals surface area contributed by atoms with Crippen molar-refractivity contribution in [1.82, 2.24) is 24.8 Å². The second kappa shape index (κ2) is 11.0. The average Bonchev–Trinajstić information content (AvgIpc) is 2.95. The molecule has 4 heterocycles. The minimum atomic E-state index is 0.174. The van der Waals surface area contributed by atoms with E-state index in [1.807, 2.05) is 18.5 Å². The number of hydrogen-bond donors (Lipinski definition) is 1. The molecule has 0 unspecified atom stereocenters. The lowest BCUT2D eigenvalue weighted by atomic mass is 9.93. The van der Waals surface area contributed by atoms with Crippen molar-refractivity contribution in [2.24, 2.45) is 0 Å². The van der Waals surface area contributed by atoms with E-state index in [1.54, 1.807) is 6.33 Å². The van der Waals surface area contributed by atoms with Crippen LogP contribution in [0.1, 0.15) is 25.7 Å². The largest absolute Gasteiger partial charge is 0.490 e. The molecule has 3 fully saturated rings. The summed E-state index contributed by atoms with van der Waals surface area (Å²) in [6.07, 6.45) is 9.57. The Kier molecular flexibility index (Phi) is 7.18. The van der Waals surface area contributed by atoms with Crippen molar-refractivity contribution in [1.29, 1.82) is 0 Å². The van der Waals surface area contributed by atoms with Crippen LogP contribution in [0.25, 0.3) is 10.9 Å². The predicted molar refractivity (Wildman–Crippen MR) is 145 cm³/mol. The number of nitrogens with zero attached hydrogens (tertiary/aromatic N) is 7. The molecule has 0 amide bonds. The summed E-state index contributed by atoms with van der Waals surface area (Å²) in [5.74, 6) is 2.61. The number of nitrogens with one attached hydrogen (secondary N) is 1. The van der Waals surface area contributed by atoms with Gasteiger partial charge < -0.3 is 29.5 Å². The molecule has 10 heteroatoms. The number of likely N-dealkylation sites (N-methyl/N-ethyl adjacent to an activating group) is 1. The van der Waals surface area contributed by atoms with Crippen LogP contribution < -0.4 is 19.9 Å². The smallest absolute Gasteiger partial charge is 0.227 e. The molecule has 1 aromatic carbocycles. The monoisotopic (exact) mass is 504 g/mol. The topological polar surface area (TPSA) is 91.8 Å². The van der Waals surface area contributed by atoms with E-state index in [1.165, 1.54) is 0 Å². The third-order valence-corrected chi connectivity index (χ3v) is 7.70. The number of piperazine rings is 1. The van der Waals surface area contributed by atoms with Crippen LogP contribution in [0.3, 0.4) is 0 Å². The van der Waals surface area contributed by atoms with Crippen molar-refractivity contribution >= 4 is 28.4 Å². The van der Waals surface area contributed by atoms with Crippen molar-refractivity contribution < 1.29 is 9.47 Å². The van der Waals surface area contributed by atoms with E-state index >= 15 is 0 Å². The molecule has 2 aliphatic heterocycles. The maximum absolute atomic E-state index is 6.60. The van der Waals surface area contributed by atoms with Crippen LogP contribution in [0.15, 0.2) is 36.9 Å². The lowest BCUT2D eigenvalue weighted by Gasteiger charge is -2.33. The van der Waals surface area contributed by atoms with Gasteiger partial charge in [-0.15, -0.1) is 0 Å². The molecule has 0 bridgehead atoms. The molecule has 3 aliphatic rings. The van der Waals surface area contributed by atoms with Gasteiger partial charge in [-0.05, 0) is 44.9 Å². The summed E-state index contributed by atoms with van der Waals surface area (Å²) in [5.41, 5.74) is 2.06. The van der Waals surface area contributed by atoms with Gasteiger partial charge in [0.15, 0.2) is 0 Å². The highest BCUT2D eigenvalue weighted by Gasteiger charge is 2.25. The molecular formula is C27H36N8O2. The number of anilines is 3. The first-order valence-corrected chi connectivity index (χ1v) is 13.5. The molecule has 10 nitrogen and oxygen atoms in total. The van der Waals surface area contributed by atoms with E-state index < -0.39 is 0 Å². The van der Waals surface area contributed by atoms with Crippen LogP contribution in [0, 0.1) is 0 Å². The first kappa shape index (κ1) is 24.1. The molecule has 2 saturated heterocycles. The number of aromatic nitrogens is 4. The summed E-state index contributed by atoms with van der Waals surface area (Å²) in [7, 11) is 2.16. The third-order valence-electron chi connectivity index (χ3n) is 7.70. The number of rotatable bonds is 6. The van der Waals surface area contributed by atoms with Gasteiger partial charge in [-0.1, -0.05) is 0 Å². The minimum absolute atomic E-state index is 0.174. The highest BCUT2D eigenvalue weighted by molar-refractivity contribution is 5.88. The van der Waals surface area contributed by atoms with Crippen molar-refractivity contribution in [3.63, 3.8) is 0 Å². The highest BCUT2D eigenvalue weighted by atomic mass is 16.5. The van der Waals surface area contributed by atoms with Gasteiger partial charge in [-0.25, -0.2) is 15.0 Å². The summed E-state index contributed by atoms with van der Waals surface area (Å²) < 4.78 is 12.1. The van der Waals surface area contributed by atoms with Crippen LogP contribution in [0.5, 0.6) is 5.75 Å². The van der Waals surface area contributed by atoms with E-state index in [0.29, 0.717) is 6.04 Å². The second-order valence-corrected chi connectivity index (χ2v) is 10.3. The molecule has 0 radical (unpaired) electrons. The summed E-state index contributed by atoms with van der Waals surface area (Å²) in [5, 5.41) is 4.62. The van der Waals surface area contributed by atoms with E-state index in [-0.39, 0.29) is 6.10 Å². The summed E-state index contributed by atoms with van der Waals surface area (Å²) in [4.78, 5) is 25.1. The maximum atomic E-state index is 6.60.